The predicted molar refractivity (Wildman–Crippen MR) is 78.2 cm³/mol. The Morgan fingerprint density at radius 3 is 2.48 bits per heavy atom. The standard InChI is InChI=1S/C14H19NO5S/c1-2-7-21(19,20)12-5-3-10(4-6-12)15-9-11(16)8-13(15)14(17)18/h3-6,11,13,16H,2,7-9H2,1H3,(H,17,18). The zero-order valence-electron chi connectivity index (χ0n) is 11.8. The number of hydrogen-bond acceptors (Lipinski definition) is 5. The summed E-state index contributed by atoms with van der Waals surface area (Å²) in [6.45, 7) is 2.03. The van der Waals surface area contributed by atoms with Gasteiger partial charge >= 0.3 is 5.97 Å². The molecule has 2 unspecified atom stereocenters. The first-order valence-corrected chi connectivity index (χ1v) is 8.50. The zero-order valence-corrected chi connectivity index (χ0v) is 12.6. The molecule has 0 aromatic heterocycles. The van der Waals surface area contributed by atoms with Gasteiger partial charge in [0.1, 0.15) is 6.04 Å². The molecule has 0 bridgehead atoms. The summed E-state index contributed by atoms with van der Waals surface area (Å²) in [5.74, 6) is -0.902. The van der Waals surface area contributed by atoms with Crippen molar-refractivity contribution in [2.75, 3.05) is 17.2 Å². The van der Waals surface area contributed by atoms with E-state index in [0.717, 1.165) is 0 Å². The van der Waals surface area contributed by atoms with Crippen molar-refractivity contribution in [2.45, 2.75) is 36.8 Å². The fourth-order valence-corrected chi connectivity index (χ4v) is 3.89. The highest BCUT2D eigenvalue weighted by molar-refractivity contribution is 7.91. The van der Waals surface area contributed by atoms with Crippen molar-refractivity contribution in [3.63, 3.8) is 0 Å². The Balaban J connectivity index is 2.25. The molecule has 1 heterocycles. The lowest BCUT2D eigenvalue weighted by molar-refractivity contribution is -0.138. The van der Waals surface area contributed by atoms with Gasteiger partial charge in [-0.25, -0.2) is 13.2 Å². The second kappa shape index (κ2) is 6.03. The van der Waals surface area contributed by atoms with E-state index in [4.69, 9.17) is 5.11 Å². The highest BCUT2D eigenvalue weighted by Crippen LogP contribution is 2.27. The van der Waals surface area contributed by atoms with Crippen LogP contribution in [0.1, 0.15) is 19.8 Å². The van der Waals surface area contributed by atoms with Crippen LogP contribution in [0, 0.1) is 0 Å². The number of anilines is 1. The van der Waals surface area contributed by atoms with E-state index in [1.807, 2.05) is 0 Å². The minimum absolute atomic E-state index is 0.0898. The highest BCUT2D eigenvalue weighted by Gasteiger charge is 2.36. The van der Waals surface area contributed by atoms with Gasteiger partial charge in [-0.15, -0.1) is 0 Å². The average Bonchev–Trinajstić information content (AvgIpc) is 2.81. The average molecular weight is 313 g/mol. The molecular weight excluding hydrogens is 294 g/mol. The molecule has 0 aliphatic carbocycles. The van der Waals surface area contributed by atoms with Crippen LogP contribution in [0.4, 0.5) is 5.69 Å². The van der Waals surface area contributed by atoms with Gasteiger partial charge in [0.25, 0.3) is 0 Å². The molecule has 0 saturated carbocycles. The Morgan fingerprint density at radius 2 is 1.95 bits per heavy atom. The van der Waals surface area contributed by atoms with Crippen molar-refractivity contribution in [1.82, 2.24) is 0 Å². The van der Waals surface area contributed by atoms with E-state index < -0.39 is 28.0 Å². The third-order valence-electron chi connectivity index (χ3n) is 3.56. The number of carboxylic acids is 1. The lowest BCUT2D eigenvalue weighted by atomic mass is 10.2. The van der Waals surface area contributed by atoms with Gasteiger partial charge in [0, 0.05) is 18.7 Å². The molecule has 1 aromatic rings. The molecule has 1 aromatic carbocycles. The summed E-state index contributed by atoms with van der Waals surface area (Å²) >= 11 is 0. The highest BCUT2D eigenvalue weighted by atomic mass is 32.2. The lowest BCUT2D eigenvalue weighted by Gasteiger charge is -2.23. The van der Waals surface area contributed by atoms with Gasteiger partial charge in [0.05, 0.1) is 16.8 Å². The van der Waals surface area contributed by atoms with Crippen LogP contribution in [0.25, 0.3) is 0 Å². The molecule has 1 aliphatic heterocycles. The van der Waals surface area contributed by atoms with Crippen molar-refractivity contribution >= 4 is 21.5 Å². The minimum Gasteiger partial charge on any atom is -0.480 e. The van der Waals surface area contributed by atoms with Crippen LogP contribution in [0.3, 0.4) is 0 Å². The molecule has 6 nitrogen and oxygen atoms in total. The summed E-state index contributed by atoms with van der Waals surface area (Å²) in [6.07, 6.45) is 0.0314. The molecule has 1 aliphatic rings. The number of sulfone groups is 1. The number of aliphatic hydroxyl groups excluding tert-OH is 1. The van der Waals surface area contributed by atoms with Crippen molar-refractivity contribution in [2.24, 2.45) is 0 Å². The van der Waals surface area contributed by atoms with Gasteiger partial charge in [-0.1, -0.05) is 6.92 Å². The van der Waals surface area contributed by atoms with E-state index >= 15 is 0 Å². The molecule has 1 saturated heterocycles. The Bertz CT molecular complexity index is 611. The maximum atomic E-state index is 11.9. The fraction of sp³-hybridized carbons (Fsp3) is 0.500. The Kier molecular flexibility index (Phi) is 4.53. The summed E-state index contributed by atoms with van der Waals surface area (Å²) < 4.78 is 23.9. The van der Waals surface area contributed by atoms with Gasteiger partial charge < -0.3 is 15.1 Å². The van der Waals surface area contributed by atoms with E-state index in [9.17, 15) is 18.3 Å². The van der Waals surface area contributed by atoms with Gasteiger partial charge in [-0.2, -0.15) is 0 Å². The van der Waals surface area contributed by atoms with E-state index in [-0.39, 0.29) is 23.6 Å². The van der Waals surface area contributed by atoms with E-state index in [1.54, 1.807) is 24.0 Å². The Labute approximate surface area is 123 Å². The Hall–Kier alpha value is -1.60. The zero-order chi connectivity index (χ0) is 15.6. The molecule has 2 atom stereocenters. The van der Waals surface area contributed by atoms with Crippen LogP contribution in [0.15, 0.2) is 29.2 Å². The molecule has 0 spiro atoms. The molecule has 21 heavy (non-hydrogen) atoms. The third-order valence-corrected chi connectivity index (χ3v) is 5.50. The molecule has 2 rings (SSSR count). The third kappa shape index (κ3) is 3.36. The maximum absolute atomic E-state index is 11.9. The molecular formula is C14H19NO5S. The number of benzene rings is 1. The largest absolute Gasteiger partial charge is 0.480 e. The van der Waals surface area contributed by atoms with Crippen LogP contribution in [0.5, 0.6) is 0 Å². The minimum atomic E-state index is -3.28. The number of rotatable bonds is 5. The first-order chi connectivity index (χ1) is 9.85. The SMILES string of the molecule is CCCS(=O)(=O)c1ccc(N2CC(O)CC2C(=O)O)cc1. The Morgan fingerprint density at radius 1 is 1.33 bits per heavy atom. The van der Waals surface area contributed by atoms with Crippen molar-refractivity contribution < 1.29 is 23.4 Å². The van der Waals surface area contributed by atoms with Crippen LogP contribution in [-0.4, -0.2) is 49.0 Å². The monoisotopic (exact) mass is 313 g/mol. The number of aliphatic hydroxyl groups is 1. The van der Waals surface area contributed by atoms with E-state index in [0.29, 0.717) is 12.1 Å². The number of hydrogen-bond donors (Lipinski definition) is 2. The number of β-amino-alcohol motifs (C(OH)–C–C–N with tert-alkyl or cyclic N) is 1. The van der Waals surface area contributed by atoms with Crippen molar-refractivity contribution in [3.05, 3.63) is 24.3 Å². The fourth-order valence-electron chi connectivity index (χ4n) is 2.56. The molecule has 0 amide bonds. The summed E-state index contributed by atoms with van der Waals surface area (Å²) in [7, 11) is -3.28. The second-order valence-corrected chi connectivity index (χ2v) is 7.32. The van der Waals surface area contributed by atoms with Crippen LogP contribution in [-0.2, 0) is 14.6 Å². The summed E-state index contributed by atoms with van der Waals surface area (Å²) in [4.78, 5) is 13.0. The number of carbonyl (C=O) groups is 1. The van der Waals surface area contributed by atoms with Crippen LogP contribution < -0.4 is 4.90 Å². The number of nitrogens with zero attached hydrogens (tertiary/aromatic N) is 1. The van der Waals surface area contributed by atoms with Crippen molar-refractivity contribution in [1.29, 1.82) is 0 Å². The molecule has 0 radical (unpaired) electrons. The first-order valence-electron chi connectivity index (χ1n) is 6.85. The summed E-state index contributed by atoms with van der Waals surface area (Å²) in [5.41, 5.74) is 0.606. The number of aliphatic carboxylic acids is 1. The van der Waals surface area contributed by atoms with Gasteiger partial charge in [0.2, 0.25) is 0 Å². The van der Waals surface area contributed by atoms with E-state index in [2.05, 4.69) is 0 Å². The quantitative estimate of drug-likeness (QED) is 0.838. The van der Waals surface area contributed by atoms with Gasteiger partial charge in [-0.05, 0) is 30.7 Å². The predicted octanol–water partition coefficient (Wildman–Crippen LogP) is 0.895. The van der Waals surface area contributed by atoms with Gasteiger partial charge in [-0.3, -0.25) is 0 Å². The second-order valence-electron chi connectivity index (χ2n) is 5.21. The molecule has 1 fully saturated rings. The van der Waals surface area contributed by atoms with Gasteiger partial charge in [0.15, 0.2) is 9.84 Å². The normalized spacial score (nSPS) is 22.5. The van der Waals surface area contributed by atoms with Crippen molar-refractivity contribution in [3.8, 4) is 0 Å². The summed E-state index contributed by atoms with van der Waals surface area (Å²) in [6, 6.07) is 5.39. The molecule has 2 N–H and O–H groups in total. The van der Waals surface area contributed by atoms with Crippen LogP contribution in [0.2, 0.25) is 0 Å². The lowest BCUT2D eigenvalue weighted by Crippen LogP contribution is -2.35. The van der Waals surface area contributed by atoms with E-state index in [1.165, 1.54) is 12.1 Å². The van der Waals surface area contributed by atoms with Crippen LogP contribution >= 0.6 is 0 Å². The summed E-state index contributed by atoms with van der Waals surface area (Å²) in [5, 5.41) is 18.8. The number of carboxylic acid groups (broad SMARTS) is 1. The molecule has 116 valence electrons. The first kappa shape index (κ1) is 15.8. The smallest absolute Gasteiger partial charge is 0.326 e. The molecule has 7 heteroatoms. The maximum Gasteiger partial charge on any atom is 0.326 e. The topological polar surface area (TPSA) is 94.9 Å².